The maximum atomic E-state index is 4.49. The molecule has 0 radical (unpaired) electrons. The van der Waals surface area contributed by atoms with Crippen molar-refractivity contribution in [3.8, 4) is 0 Å². The van der Waals surface area contributed by atoms with Crippen LogP contribution in [0.15, 0.2) is 6.20 Å². The monoisotopic (exact) mass is 237 g/mol. The van der Waals surface area contributed by atoms with E-state index in [0.717, 1.165) is 50.7 Å². The molecule has 0 spiro atoms. The molecule has 1 heterocycles. The van der Waals surface area contributed by atoms with E-state index in [4.69, 9.17) is 0 Å². The average Bonchev–Trinajstić information content (AvgIpc) is 2.36. The van der Waals surface area contributed by atoms with Gasteiger partial charge in [-0.25, -0.2) is 0 Å². The van der Waals surface area contributed by atoms with Gasteiger partial charge in [0, 0.05) is 19.6 Å². The Morgan fingerprint density at radius 3 is 2.41 bits per heavy atom. The summed E-state index contributed by atoms with van der Waals surface area (Å²) in [6.07, 6.45) is 4.94. The van der Waals surface area contributed by atoms with Crippen molar-refractivity contribution in [1.82, 2.24) is 15.2 Å². The summed E-state index contributed by atoms with van der Waals surface area (Å²) in [7, 11) is 0. The van der Waals surface area contributed by atoms with Gasteiger partial charge in [0.1, 0.15) is 0 Å². The molecule has 5 heteroatoms. The Hall–Kier alpha value is -1.39. The molecular formula is C12H23N5. The number of hydrogen-bond acceptors (Lipinski definition) is 5. The first kappa shape index (κ1) is 13.7. The molecule has 0 amide bonds. The van der Waals surface area contributed by atoms with Gasteiger partial charge in [0.05, 0.1) is 6.20 Å². The van der Waals surface area contributed by atoms with Crippen LogP contribution in [0.2, 0.25) is 0 Å². The summed E-state index contributed by atoms with van der Waals surface area (Å²) in [6, 6.07) is 0. The van der Waals surface area contributed by atoms with Crippen molar-refractivity contribution in [2.24, 2.45) is 0 Å². The number of hydrogen-bond donors (Lipinski definition) is 1. The van der Waals surface area contributed by atoms with E-state index >= 15 is 0 Å². The van der Waals surface area contributed by atoms with Crippen LogP contribution in [-0.2, 0) is 0 Å². The normalized spacial score (nSPS) is 10.3. The molecule has 0 fully saturated rings. The molecule has 0 bridgehead atoms. The van der Waals surface area contributed by atoms with E-state index in [1.807, 2.05) is 0 Å². The van der Waals surface area contributed by atoms with Crippen molar-refractivity contribution in [2.75, 3.05) is 29.9 Å². The summed E-state index contributed by atoms with van der Waals surface area (Å²) in [6.45, 7) is 9.33. The maximum absolute atomic E-state index is 4.49. The Morgan fingerprint density at radius 2 is 1.82 bits per heavy atom. The van der Waals surface area contributed by atoms with Gasteiger partial charge in [0.25, 0.3) is 0 Å². The highest BCUT2D eigenvalue weighted by molar-refractivity contribution is 5.38. The molecule has 0 aliphatic carbocycles. The molecule has 0 aromatic carbocycles. The van der Waals surface area contributed by atoms with Crippen LogP contribution in [0.4, 0.5) is 11.8 Å². The van der Waals surface area contributed by atoms with E-state index < -0.39 is 0 Å². The molecule has 0 aliphatic rings. The van der Waals surface area contributed by atoms with Crippen molar-refractivity contribution < 1.29 is 0 Å². The lowest BCUT2D eigenvalue weighted by atomic mass is 10.4. The third-order valence-electron chi connectivity index (χ3n) is 2.37. The number of aromatic nitrogens is 3. The smallest absolute Gasteiger partial charge is 0.247 e. The second-order valence-corrected chi connectivity index (χ2v) is 4.06. The van der Waals surface area contributed by atoms with E-state index in [9.17, 15) is 0 Å². The summed E-state index contributed by atoms with van der Waals surface area (Å²) >= 11 is 0. The number of rotatable bonds is 8. The number of anilines is 2. The quantitative estimate of drug-likeness (QED) is 0.752. The molecule has 0 unspecified atom stereocenters. The second-order valence-electron chi connectivity index (χ2n) is 4.06. The highest BCUT2D eigenvalue weighted by Gasteiger charge is 2.08. The molecule has 1 aromatic rings. The third kappa shape index (κ3) is 4.54. The summed E-state index contributed by atoms with van der Waals surface area (Å²) in [5.41, 5.74) is 0. The van der Waals surface area contributed by atoms with Gasteiger partial charge in [-0.05, 0) is 19.3 Å². The molecule has 0 saturated carbocycles. The zero-order valence-electron chi connectivity index (χ0n) is 11.1. The average molecular weight is 237 g/mol. The van der Waals surface area contributed by atoms with Crippen LogP contribution in [-0.4, -0.2) is 34.8 Å². The van der Waals surface area contributed by atoms with Crippen LogP contribution < -0.4 is 10.2 Å². The minimum absolute atomic E-state index is 0.731. The van der Waals surface area contributed by atoms with Gasteiger partial charge in [-0.2, -0.15) is 10.1 Å². The Bertz CT molecular complexity index is 310. The fraction of sp³-hybridized carbons (Fsp3) is 0.750. The standard InChI is InChI=1S/C12H23N5/c1-4-7-13-11-10-14-16-12(15-11)17(8-5-2)9-6-3/h10H,4-9H2,1-3H3,(H,13,15,16). The fourth-order valence-electron chi connectivity index (χ4n) is 1.62. The molecular weight excluding hydrogens is 214 g/mol. The van der Waals surface area contributed by atoms with Crippen LogP contribution in [0.5, 0.6) is 0 Å². The highest BCUT2D eigenvalue weighted by Crippen LogP contribution is 2.10. The van der Waals surface area contributed by atoms with E-state index in [1.54, 1.807) is 6.20 Å². The van der Waals surface area contributed by atoms with E-state index in [-0.39, 0.29) is 0 Å². The van der Waals surface area contributed by atoms with Crippen LogP contribution in [0, 0.1) is 0 Å². The van der Waals surface area contributed by atoms with Crippen LogP contribution in [0.1, 0.15) is 40.0 Å². The topological polar surface area (TPSA) is 53.9 Å². The van der Waals surface area contributed by atoms with Crippen LogP contribution in [0.25, 0.3) is 0 Å². The summed E-state index contributed by atoms with van der Waals surface area (Å²) in [4.78, 5) is 6.67. The van der Waals surface area contributed by atoms with Gasteiger partial charge in [0.15, 0.2) is 5.82 Å². The molecule has 1 aromatic heterocycles. The number of nitrogens with zero attached hydrogens (tertiary/aromatic N) is 4. The van der Waals surface area contributed by atoms with Gasteiger partial charge >= 0.3 is 0 Å². The summed E-state index contributed by atoms with van der Waals surface area (Å²) < 4.78 is 0. The third-order valence-corrected chi connectivity index (χ3v) is 2.37. The summed E-state index contributed by atoms with van der Waals surface area (Å²) in [5, 5.41) is 11.3. The molecule has 1 N–H and O–H groups in total. The minimum atomic E-state index is 0.731. The van der Waals surface area contributed by atoms with Crippen molar-refractivity contribution in [3.05, 3.63) is 6.20 Å². The van der Waals surface area contributed by atoms with E-state index in [1.165, 1.54) is 0 Å². The summed E-state index contributed by atoms with van der Waals surface area (Å²) in [5.74, 6) is 1.55. The van der Waals surface area contributed by atoms with Crippen molar-refractivity contribution in [3.63, 3.8) is 0 Å². The molecule has 1 rings (SSSR count). The Labute approximate surface area is 104 Å². The predicted molar refractivity (Wildman–Crippen MR) is 71.4 cm³/mol. The van der Waals surface area contributed by atoms with E-state index in [2.05, 4.69) is 46.2 Å². The Morgan fingerprint density at radius 1 is 1.12 bits per heavy atom. The van der Waals surface area contributed by atoms with Gasteiger partial charge in [0.2, 0.25) is 5.95 Å². The van der Waals surface area contributed by atoms with Crippen LogP contribution >= 0.6 is 0 Å². The first-order valence-corrected chi connectivity index (χ1v) is 6.50. The van der Waals surface area contributed by atoms with Crippen molar-refractivity contribution >= 4 is 11.8 Å². The zero-order chi connectivity index (χ0) is 12.5. The highest BCUT2D eigenvalue weighted by atomic mass is 15.3. The van der Waals surface area contributed by atoms with Crippen molar-refractivity contribution in [1.29, 1.82) is 0 Å². The lowest BCUT2D eigenvalue weighted by Gasteiger charge is -2.20. The largest absolute Gasteiger partial charge is 0.369 e. The van der Waals surface area contributed by atoms with Gasteiger partial charge in [-0.3, -0.25) is 0 Å². The lowest BCUT2D eigenvalue weighted by molar-refractivity contribution is 0.710. The molecule has 0 atom stereocenters. The molecule has 96 valence electrons. The fourth-order valence-corrected chi connectivity index (χ4v) is 1.62. The van der Waals surface area contributed by atoms with Crippen molar-refractivity contribution in [2.45, 2.75) is 40.0 Å². The minimum Gasteiger partial charge on any atom is -0.369 e. The predicted octanol–water partition coefficient (Wildman–Crippen LogP) is 2.32. The molecule has 17 heavy (non-hydrogen) atoms. The maximum Gasteiger partial charge on any atom is 0.247 e. The second kappa shape index (κ2) is 7.81. The Balaban J connectivity index is 2.72. The number of nitrogens with one attached hydrogen (secondary N) is 1. The first-order chi connectivity index (χ1) is 8.31. The van der Waals surface area contributed by atoms with Gasteiger partial charge < -0.3 is 10.2 Å². The molecule has 0 saturated heterocycles. The van der Waals surface area contributed by atoms with Gasteiger partial charge in [-0.1, -0.05) is 20.8 Å². The molecule has 0 aliphatic heterocycles. The first-order valence-electron chi connectivity index (χ1n) is 6.50. The molecule has 5 nitrogen and oxygen atoms in total. The van der Waals surface area contributed by atoms with E-state index in [0.29, 0.717) is 0 Å². The SMILES string of the molecule is CCCNc1cnnc(N(CCC)CCC)n1. The van der Waals surface area contributed by atoms with Crippen LogP contribution in [0.3, 0.4) is 0 Å². The lowest BCUT2D eigenvalue weighted by Crippen LogP contribution is -2.27. The van der Waals surface area contributed by atoms with Gasteiger partial charge in [-0.15, -0.1) is 5.10 Å². The Kier molecular flexibility index (Phi) is 6.29. The zero-order valence-corrected chi connectivity index (χ0v) is 11.1.